The predicted octanol–water partition coefficient (Wildman–Crippen LogP) is 1.28. The van der Waals surface area contributed by atoms with Crippen molar-refractivity contribution in [2.24, 2.45) is 0 Å². The van der Waals surface area contributed by atoms with Crippen molar-refractivity contribution in [3.63, 3.8) is 0 Å². The van der Waals surface area contributed by atoms with Crippen LogP contribution in [-0.2, 0) is 9.59 Å². The van der Waals surface area contributed by atoms with Crippen LogP contribution in [0.25, 0.3) is 0 Å². The van der Waals surface area contributed by atoms with Crippen molar-refractivity contribution in [1.29, 1.82) is 0 Å². The summed E-state index contributed by atoms with van der Waals surface area (Å²) in [6.45, 7) is 5.95. The zero-order valence-electron chi connectivity index (χ0n) is 13.2. The summed E-state index contributed by atoms with van der Waals surface area (Å²) in [5.74, 6) is -0.0171. The second-order valence-corrected chi connectivity index (χ2v) is 6.16. The molecule has 1 aliphatic carbocycles. The molecule has 0 aromatic rings. The van der Waals surface area contributed by atoms with E-state index in [1.807, 2.05) is 27.8 Å². The molecule has 0 aromatic carbocycles. The van der Waals surface area contributed by atoms with Gasteiger partial charge in [0, 0.05) is 12.1 Å². The van der Waals surface area contributed by atoms with E-state index in [2.05, 4.69) is 10.6 Å². The van der Waals surface area contributed by atoms with Gasteiger partial charge in [-0.1, -0.05) is 19.3 Å². The summed E-state index contributed by atoms with van der Waals surface area (Å²) in [7, 11) is 1.81. The lowest BCUT2D eigenvalue weighted by Crippen LogP contribution is -2.50. The predicted molar refractivity (Wildman–Crippen MR) is 80.4 cm³/mol. The Bertz CT molecular complexity index is 325. The molecule has 1 aliphatic rings. The van der Waals surface area contributed by atoms with E-state index in [4.69, 9.17) is 0 Å². The maximum absolute atomic E-state index is 12.2. The average Bonchev–Trinajstić information content (AvgIpc) is 2.37. The van der Waals surface area contributed by atoms with Gasteiger partial charge in [-0.3, -0.25) is 14.5 Å². The van der Waals surface area contributed by atoms with Crippen LogP contribution >= 0.6 is 0 Å². The molecule has 2 N–H and O–H groups in total. The third-order valence-corrected chi connectivity index (χ3v) is 3.83. The molecule has 5 nitrogen and oxygen atoms in total. The first-order valence-electron chi connectivity index (χ1n) is 7.70. The van der Waals surface area contributed by atoms with Gasteiger partial charge in [-0.05, 0) is 40.7 Å². The fourth-order valence-corrected chi connectivity index (χ4v) is 2.50. The van der Waals surface area contributed by atoms with Crippen molar-refractivity contribution in [2.75, 3.05) is 13.6 Å². The van der Waals surface area contributed by atoms with E-state index >= 15 is 0 Å². The van der Waals surface area contributed by atoms with Crippen molar-refractivity contribution in [3.05, 3.63) is 0 Å². The maximum Gasteiger partial charge on any atom is 0.237 e. The first kappa shape index (κ1) is 17.0. The molecule has 0 saturated heterocycles. The van der Waals surface area contributed by atoms with E-state index in [1.54, 1.807) is 4.90 Å². The Balaban J connectivity index is 2.36. The minimum atomic E-state index is -0.283. The van der Waals surface area contributed by atoms with Gasteiger partial charge in [-0.25, -0.2) is 0 Å². The number of hydrogen-bond donors (Lipinski definition) is 2. The van der Waals surface area contributed by atoms with Crippen LogP contribution in [0.4, 0.5) is 0 Å². The molecule has 1 saturated carbocycles. The smallest absolute Gasteiger partial charge is 0.237 e. The first-order chi connectivity index (χ1) is 9.40. The summed E-state index contributed by atoms with van der Waals surface area (Å²) in [6, 6.07) is 0.161. The highest BCUT2D eigenvalue weighted by Crippen LogP contribution is 2.17. The van der Waals surface area contributed by atoms with Gasteiger partial charge >= 0.3 is 0 Å². The largest absolute Gasteiger partial charge is 0.353 e. The van der Waals surface area contributed by atoms with E-state index in [9.17, 15) is 9.59 Å². The fraction of sp³-hybridized carbons (Fsp3) is 0.867. The van der Waals surface area contributed by atoms with Crippen LogP contribution < -0.4 is 10.6 Å². The van der Waals surface area contributed by atoms with Gasteiger partial charge in [0.15, 0.2) is 0 Å². The van der Waals surface area contributed by atoms with Crippen molar-refractivity contribution in [3.8, 4) is 0 Å². The van der Waals surface area contributed by atoms with Crippen LogP contribution in [0.15, 0.2) is 0 Å². The van der Waals surface area contributed by atoms with Crippen LogP contribution in [0.5, 0.6) is 0 Å². The van der Waals surface area contributed by atoms with Gasteiger partial charge in [-0.2, -0.15) is 0 Å². The molecule has 5 heteroatoms. The Kier molecular flexibility index (Phi) is 6.99. The minimum absolute atomic E-state index is 0.0248. The lowest BCUT2D eigenvalue weighted by Gasteiger charge is -2.28. The highest BCUT2D eigenvalue weighted by atomic mass is 16.2. The second-order valence-electron chi connectivity index (χ2n) is 6.16. The molecule has 1 fully saturated rings. The van der Waals surface area contributed by atoms with Crippen LogP contribution in [0, 0.1) is 0 Å². The van der Waals surface area contributed by atoms with E-state index < -0.39 is 0 Å². The SMILES string of the molecule is CC(C)NC(=O)CN(C)[C@@H](C)C(=O)NC1CCCCC1. The van der Waals surface area contributed by atoms with Crippen LogP contribution in [0.3, 0.4) is 0 Å². The van der Waals surface area contributed by atoms with E-state index in [-0.39, 0.29) is 30.4 Å². The van der Waals surface area contributed by atoms with Crippen molar-refractivity contribution < 1.29 is 9.59 Å². The standard InChI is InChI=1S/C15H29N3O2/c1-11(2)16-14(19)10-18(4)12(3)15(20)17-13-8-6-5-7-9-13/h11-13H,5-10H2,1-4H3,(H,16,19)(H,17,20)/t12-/m0/s1. The molecule has 0 radical (unpaired) electrons. The van der Waals surface area contributed by atoms with E-state index in [1.165, 1.54) is 19.3 Å². The van der Waals surface area contributed by atoms with Crippen molar-refractivity contribution >= 4 is 11.8 Å². The van der Waals surface area contributed by atoms with Gasteiger partial charge in [0.05, 0.1) is 12.6 Å². The average molecular weight is 283 g/mol. The fourth-order valence-electron chi connectivity index (χ4n) is 2.50. The van der Waals surface area contributed by atoms with Crippen molar-refractivity contribution in [2.45, 2.75) is 71.0 Å². The summed E-state index contributed by atoms with van der Waals surface area (Å²) in [6.07, 6.45) is 5.83. The Morgan fingerprint density at radius 3 is 2.30 bits per heavy atom. The van der Waals surface area contributed by atoms with Gasteiger partial charge in [0.2, 0.25) is 11.8 Å². The summed E-state index contributed by atoms with van der Waals surface area (Å²) in [5, 5.41) is 5.94. The number of hydrogen-bond acceptors (Lipinski definition) is 3. The number of rotatable bonds is 6. The van der Waals surface area contributed by atoms with Crippen LogP contribution in [0.1, 0.15) is 52.9 Å². The number of carbonyl (C=O) groups excluding carboxylic acids is 2. The molecule has 0 bridgehead atoms. The van der Waals surface area contributed by atoms with Gasteiger partial charge in [-0.15, -0.1) is 0 Å². The number of likely N-dealkylation sites (N-methyl/N-ethyl adjacent to an activating group) is 1. The number of amides is 2. The lowest BCUT2D eigenvalue weighted by atomic mass is 9.95. The summed E-state index contributed by atoms with van der Waals surface area (Å²) < 4.78 is 0. The summed E-state index contributed by atoms with van der Waals surface area (Å²) in [4.78, 5) is 25.7. The maximum atomic E-state index is 12.2. The summed E-state index contributed by atoms with van der Waals surface area (Å²) >= 11 is 0. The Morgan fingerprint density at radius 1 is 1.15 bits per heavy atom. The normalized spacial score (nSPS) is 18.1. The van der Waals surface area contributed by atoms with E-state index in [0.29, 0.717) is 6.04 Å². The molecule has 1 rings (SSSR count). The molecule has 1 atom stereocenters. The molecular weight excluding hydrogens is 254 g/mol. The highest BCUT2D eigenvalue weighted by Gasteiger charge is 2.23. The number of carbonyl (C=O) groups is 2. The third kappa shape index (κ3) is 5.90. The molecule has 0 spiro atoms. The minimum Gasteiger partial charge on any atom is -0.353 e. The van der Waals surface area contributed by atoms with E-state index in [0.717, 1.165) is 12.8 Å². The second kappa shape index (κ2) is 8.25. The van der Waals surface area contributed by atoms with Crippen molar-refractivity contribution in [1.82, 2.24) is 15.5 Å². The highest BCUT2D eigenvalue weighted by molar-refractivity contribution is 5.83. The zero-order valence-corrected chi connectivity index (χ0v) is 13.2. The molecule has 0 aliphatic heterocycles. The topological polar surface area (TPSA) is 61.4 Å². The van der Waals surface area contributed by atoms with Crippen LogP contribution in [0.2, 0.25) is 0 Å². The Labute approximate surface area is 122 Å². The van der Waals surface area contributed by atoms with Gasteiger partial charge < -0.3 is 10.6 Å². The Hall–Kier alpha value is -1.10. The molecule has 0 unspecified atom stereocenters. The quantitative estimate of drug-likeness (QED) is 0.772. The third-order valence-electron chi connectivity index (χ3n) is 3.83. The molecule has 0 heterocycles. The number of nitrogens with zero attached hydrogens (tertiary/aromatic N) is 1. The molecular formula is C15H29N3O2. The zero-order chi connectivity index (χ0) is 15.1. The summed E-state index contributed by atoms with van der Waals surface area (Å²) in [5.41, 5.74) is 0. The van der Waals surface area contributed by atoms with Gasteiger partial charge in [0.1, 0.15) is 0 Å². The first-order valence-corrected chi connectivity index (χ1v) is 7.70. The molecule has 20 heavy (non-hydrogen) atoms. The van der Waals surface area contributed by atoms with Gasteiger partial charge in [0.25, 0.3) is 0 Å². The Morgan fingerprint density at radius 2 is 1.75 bits per heavy atom. The van der Waals surface area contributed by atoms with Crippen LogP contribution in [-0.4, -0.2) is 48.4 Å². The molecule has 116 valence electrons. The number of nitrogens with one attached hydrogen (secondary N) is 2. The lowest BCUT2D eigenvalue weighted by molar-refractivity contribution is -0.128. The molecule has 2 amide bonds. The molecule has 0 aromatic heterocycles. The monoisotopic (exact) mass is 283 g/mol.